The molecule has 0 aromatic carbocycles. The minimum atomic E-state index is -0.422. The van der Waals surface area contributed by atoms with Crippen molar-refractivity contribution >= 4 is 6.09 Å². The second-order valence-electron chi connectivity index (χ2n) is 8.56. The molecular weight excluding hydrogens is 288 g/mol. The quantitative estimate of drug-likeness (QED) is 0.755. The van der Waals surface area contributed by atoms with E-state index in [1.165, 1.54) is 38.5 Å². The molecule has 0 radical (unpaired) electrons. The Kier molecular flexibility index (Phi) is 6.75. The highest BCUT2D eigenvalue weighted by Gasteiger charge is 2.29. The van der Waals surface area contributed by atoms with Crippen LogP contribution in [0.3, 0.4) is 0 Å². The largest absolute Gasteiger partial charge is 0.444 e. The molecule has 2 fully saturated rings. The highest BCUT2D eigenvalue weighted by molar-refractivity contribution is 5.68. The molecule has 4 nitrogen and oxygen atoms in total. The van der Waals surface area contributed by atoms with Crippen LogP contribution in [0.15, 0.2) is 0 Å². The van der Waals surface area contributed by atoms with E-state index in [2.05, 4.69) is 17.6 Å². The van der Waals surface area contributed by atoms with Gasteiger partial charge in [0.2, 0.25) is 0 Å². The van der Waals surface area contributed by atoms with Gasteiger partial charge in [0.25, 0.3) is 0 Å². The van der Waals surface area contributed by atoms with Crippen LogP contribution in [0.2, 0.25) is 0 Å². The first kappa shape index (κ1) is 18.6. The number of alkyl carbamates (subject to hydrolysis) is 1. The molecule has 0 aliphatic heterocycles. The van der Waals surface area contributed by atoms with Gasteiger partial charge in [-0.05, 0) is 65.7 Å². The Labute approximate surface area is 142 Å². The number of nitrogens with one attached hydrogen (secondary N) is 2. The lowest BCUT2D eigenvalue weighted by Crippen LogP contribution is -2.42. The topological polar surface area (TPSA) is 50.4 Å². The van der Waals surface area contributed by atoms with Crippen LogP contribution in [0.25, 0.3) is 0 Å². The van der Waals surface area contributed by atoms with E-state index in [1.54, 1.807) is 0 Å². The summed E-state index contributed by atoms with van der Waals surface area (Å²) in [6, 6.07) is 1.38. The van der Waals surface area contributed by atoms with Crippen LogP contribution in [0.5, 0.6) is 0 Å². The number of hydrogen-bond acceptors (Lipinski definition) is 3. The summed E-state index contributed by atoms with van der Waals surface area (Å²) in [5.74, 6) is 0.829. The lowest BCUT2D eigenvalue weighted by Gasteiger charge is -2.27. The number of ether oxygens (including phenoxy) is 1. The Morgan fingerprint density at radius 1 is 1.00 bits per heavy atom. The summed E-state index contributed by atoms with van der Waals surface area (Å²) in [4.78, 5) is 11.9. The molecule has 2 rings (SSSR count). The van der Waals surface area contributed by atoms with Gasteiger partial charge < -0.3 is 15.4 Å². The maximum atomic E-state index is 11.9. The number of carbonyl (C=O) groups excluding carboxylic acids is 1. The normalized spacial score (nSPS) is 28.2. The molecule has 134 valence electrons. The van der Waals surface area contributed by atoms with Crippen LogP contribution in [-0.4, -0.2) is 29.8 Å². The molecule has 0 spiro atoms. The Balaban J connectivity index is 1.71. The SMILES string of the molecule is C[C@H](NC1CCC(NC(=O)OC(C)(C)C)C1)C1CCCCCC1. The van der Waals surface area contributed by atoms with Gasteiger partial charge in [0.1, 0.15) is 5.60 Å². The first-order valence-electron chi connectivity index (χ1n) is 9.59. The summed E-state index contributed by atoms with van der Waals surface area (Å²) in [6.07, 6.45) is 11.3. The number of amides is 1. The van der Waals surface area contributed by atoms with Crippen LogP contribution >= 0.6 is 0 Å². The fraction of sp³-hybridized carbons (Fsp3) is 0.947. The van der Waals surface area contributed by atoms with E-state index in [9.17, 15) is 4.79 Å². The Hall–Kier alpha value is -0.770. The average Bonchev–Trinajstić information content (AvgIpc) is 2.71. The summed E-state index contributed by atoms with van der Waals surface area (Å²) in [6.45, 7) is 8.06. The third-order valence-electron chi connectivity index (χ3n) is 5.26. The highest BCUT2D eigenvalue weighted by Crippen LogP contribution is 2.27. The van der Waals surface area contributed by atoms with Crippen LogP contribution < -0.4 is 10.6 Å². The summed E-state index contributed by atoms with van der Waals surface area (Å²) in [7, 11) is 0. The van der Waals surface area contributed by atoms with Crippen molar-refractivity contribution in [3.8, 4) is 0 Å². The maximum absolute atomic E-state index is 11.9. The third-order valence-corrected chi connectivity index (χ3v) is 5.26. The van der Waals surface area contributed by atoms with Gasteiger partial charge in [0.05, 0.1) is 0 Å². The molecule has 2 saturated carbocycles. The first-order chi connectivity index (χ1) is 10.8. The number of hydrogen-bond donors (Lipinski definition) is 2. The Morgan fingerprint density at radius 3 is 2.22 bits per heavy atom. The van der Waals surface area contributed by atoms with Gasteiger partial charge in [-0.15, -0.1) is 0 Å². The average molecular weight is 325 g/mol. The van der Waals surface area contributed by atoms with Gasteiger partial charge in [0.15, 0.2) is 0 Å². The summed E-state index contributed by atoms with van der Waals surface area (Å²) in [5.41, 5.74) is -0.422. The Bertz CT molecular complexity index is 370. The van der Waals surface area contributed by atoms with Gasteiger partial charge in [-0.2, -0.15) is 0 Å². The predicted molar refractivity (Wildman–Crippen MR) is 94.6 cm³/mol. The Morgan fingerprint density at radius 2 is 1.61 bits per heavy atom. The minimum Gasteiger partial charge on any atom is -0.444 e. The summed E-state index contributed by atoms with van der Waals surface area (Å²) in [5, 5.41) is 6.86. The second kappa shape index (κ2) is 8.36. The molecule has 23 heavy (non-hydrogen) atoms. The van der Waals surface area contributed by atoms with E-state index >= 15 is 0 Å². The van der Waals surface area contributed by atoms with E-state index in [1.807, 2.05) is 20.8 Å². The van der Waals surface area contributed by atoms with Crippen molar-refractivity contribution in [3.05, 3.63) is 0 Å². The number of rotatable bonds is 4. The van der Waals surface area contributed by atoms with Crippen molar-refractivity contribution in [3.63, 3.8) is 0 Å². The molecule has 4 heteroatoms. The molecule has 3 atom stereocenters. The smallest absolute Gasteiger partial charge is 0.407 e. The van der Waals surface area contributed by atoms with E-state index in [0.29, 0.717) is 12.1 Å². The van der Waals surface area contributed by atoms with Gasteiger partial charge in [-0.25, -0.2) is 4.79 Å². The van der Waals surface area contributed by atoms with Gasteiger partial charge in [-0.1, -0.05) is 25.7 Å². The molecular formula is C19H36N2O2. The molecule has 2 aliphatic carbocycles. The van der Waals surface area contributed by atoms with Crippen molar-refractivity contribution in [1.29, 1.82) is 0 Å². The summed E-state index contributed by atoms with van der Waals surface area (Å²) < 4.78 is 5.35. The molecule has 2 aliphatic rings. The molecule has 2 N–H and O–H groups in total. The van der Waals surface area contributed by atoms with Crippen LogP contribution in [-0.2, 0) is 4.74 Å². The molecule has 0 bridgehead atoms. The highest BCUT2D eigenvalue weighted by atomic mass is 16.6. The van der Waals surface area contributed by atoms with Crippen molar-refractivity contribution in [2.75, 3.05) is 0 Å². The molecule has 0 aromatic rings. The third kappa shape index (κ3) is 6.70. The van der Waals surface area contributed by atoms with E-state index in [0.717, 1.165) is 25.2 Å². The van der Waals surface area contributed by atoms with Gasteiger partial charge in [-0.3, -0.25) is 0 Å². The maximum Gasteiger partial charge on any atom is 0.407 e. The second-order valence-corrected chi connectivity index (χ2v) is 8.56. The first-order valence-corrected chi connectivity index (χ1v) is 9.59. The van der Waals surface area contributed by atoms with Gasteiger partial charge >= 0.3 is 6.09 Å². The minimum absolute atomic E-state index is 0.253. The standard InChI is InChI=1S/C19H36N2O2/c1-14(15-9-7-5-6-8-10-15)20-16-11-12-17(13-16)21-18(22)23-19(2,3)4/h14-17,20H,5-13H2,1-4H3,(H,21,22)/t14-,16?,17?/m0/s1. The van der Waals surface area contributed by atoms with Crippen LogP contribution in [0.4, 0.5) is 4.79 Å². The van der Waals surface area contributed by atoms with Crippen molar-refractivity contribution in [1.82, 2.24) is 10.6 Å². The van der Waals surface area contributed by atoms with Gasteiger partial charge in [0, 0.05) is 18.1 Å². The predicted octanol–water partition coefficient (Wildman–Crippen LogP) is 4.38. The monoisotopic (exact) mass is 324 g/mol. The fourth-order valence-electron chi connectivity index (χ4n) is 4.06. The molecule has 2 unspecified atom stereocenters. The molecule has 1 amide bonds. The fourth-order valence-corrected chi connectivity index (χ4v) is 4.06. The van der Waals surface area contributed by atoms with E-state index in [4.69, 9.17) is 4.74 Å². The zero-order valence-electron chi connectivity index (χ0n) is 15.5. The summed E-state index contributed by atoms with van der Waals surface area (Å²) >= 11 is 0. The molecule has 0 aromatic heterocycles. The van der Waals surface area contributed by atoms with Crippen LogP contribution in [0.1, 0.15) is 85.5 Å². The van der Waals surface area contributed by atoms with E-state index in [-0.39, 0.29) is 12.1 Å². The van der Waals surface area contributed by atoms with Crippen molar-refractivity contribution < 1.29 is 9.53 Å². The lowest BCUT2D eigenvalue weighted by molar-refractivity contribution is 0.0505. The zero-order valence-corrected chi connectivity index (χ0v) is 15.5. The number of carbonyl (C=O) groups is 1. The van der Waals surface area contributed by atoms with Crippen molar-refractivity contribution in [2.45, 2.75) is 109 Å². The molecule has 0 heterocycles. The molecule has 0 saturated heterocycles. The van der Waals surface area contributed by atoms with Crippen molar-refractivity contribution in [2.24, 2.45) is 5.92 Å². The van der Waals surface area contributed by atoms with E-state index < -0.39 is 5.60 Å². The zero-order chi connectivity index (χ0) is 16.9. The lowest BCUT2D eigenvalue weighted by atomic mass is 9.92. The van der Waals surface area contributed by atoms with Crippen LogP contribution in [0, 0.1) is 5.92 Å².